The Morgan fingerprint density at radius 1 is 1.10 bits per heavy atom. The van der Waals surface area contributed by atoms with E-state index in [2.05, 4.69) is 67.5 Å². The van der Waals surface area contributed by atoms with Crippen LogP contribution in [0.25, 0.3) is 0 Å². The fourth-order valence-corrected chi connectivity index (χ4v) is 3.73. The van der Waals surface area contributed by atoms with E-state index in [9.17, 15) is 9.59 Å². The third-order valence-electron chi connectivity index (χ3n) is 4.80. The van der Waals surface area contributed by atoms with Crippen molar-refractivity contribution in [2.75, 3.05) is 5.75 Å². The van der Waals surface area contributed by atoms with E-state index in [-0.39, 0.29) is 35.9 Å². The summed E-state index contributed by atoms with van der Waals surface area (Å²) in [4.78, 5) is 23.5. The van der Waals surface area contributed by atoms with Gasteiger partial charge in [0.1, 0.15) is 5.82 Å². The third kappa shape index (κ3) is 6.59. The lowest BCUT2D eigenvalue weighted by Crippen LogP contribution is -2.33. The Morgan fingerprint density at radius 2 is 1.72 bits per heavy atom. The average molecular weight is 418 g/mol. The molecule has 0 fully saturated rings. The highest BCUT2D eigenvalue weighted by Gasteiger charge is 2.19. The average Bonchev–Trinajstić information content (AvgIpc) is 3.02. The Morgan fingerprint density at radius 3 is 2.28 bits per heavy atom. The van der Waals surface area contributed by atoms with Crippen LogP contribution >= 0.6 is 11.8 Å². The third-order valence-corrected chi connectivity index (χ3v) is 5.82. The summed E-state index contributed by atoms with van der Waals surface area (Å²) in [5.41, 5.74) is 7.57. The maximum atomic E-state index is 12.6. The quantitative estimate of drug-likeness (QED) is 0.579. The van der Waals surface area contributed by atoms with Gasteiger partial charge in [-0.15, -0.1) is 10.2 Å². The lowest BCUT2D eigenvalue weighted by Gasteiger charge is -2.23. The van der Waals surface area contributed by atoms with Crippen LogP contribution in [0.1, 0.15) is 63.0 Å². The van der Waals surface area contributed by atoms with Gasteiger partial charge in [-0.05, 0) is 23.0 Å². The minimum absolute atomic E-state index is 0.0464. The highest BCUT2D eigenvalue weighted by molar-refractivity contribution is 7.99. The maximum Gasteiger partial charge on any atom is 0.230 e. The molecular formula is C21H31N5O2S. The van der Waals surface area contributed by atoms with Gasteiger partial charge >= 0.3 is 0 Å². The lowest BCUT2D eigenvalue weighted by atomic mass is 9.93. The topological polar surface area (TPSA) is 103 Å². The molecule has 0 aliphatic carbocycles. The van der Waals surface area contributed by atoms with Crippen molar-refractivity contribution in [1.82, 2.24) is 20.1 Å². The van der Waals surface area contributed by atoms with Crippen molar-refractivity contribution in [1.29, 1.82) is 0 Å². The molecular weight excluding hydrogens is 386 g/mol. The SMILES string of the molecule is CC(C)c1ccc([C@@H](NC(=O)CSc2nnc(CCC(N)=O)n2C)C(C)C)cc1. The number of thioether (sulfide) groups is 1. The van der Waals surface area contributed by atoms with E-state index in [0.717, 1.165) is 5.56 Å². The van der Waals surface area contributed by atoms with Gasteiger partial charge in [0.2, 0.25) is 11.8 Å². The van der Waals surface area contributed by atoms with E-state index >= 15 is 0 Å². The first-order chi connectivity index (χ1) is 13.7. The van der Waals surface area contributed by atoms with Crippen LogP contribution in [-0.2, 0) is 23.1 Å². The molecule has 158 valence electrons. The van der Waals surface area contributed by atoms with E-state index in [1.807, 2.05) is 7.05 Å². The van der Waals surface area contributed by atoms with Crippen LogP contribution in [-0.4, -0.2) is 32.3 Å². The number of primary amides is 1. The first kappa shape index (κ1) is 22.9. The largest absolute Gasteiger partial charge is 0.370 e. The second-order valence-electron chi connectivity index (χ2n) is 7.82. The number of nitrogens with one attached hydrogen (secondary N) is 1. The second kappa shape index (κ2) is 10.4. The number of hydrogen-bond donors (Lipinski definition) is 2. The van der Waals surface area contributed by atoms with Crippen LogP contribution in [0.5, 0.6) is 0 Å². The molecule has 0 aliphatic rings. The number of carbonyl (C=O) groups is 2. The second-order valence-corrected chi connectivity index (χ2v) is 8.77. The number of rotatable bonds is 10. The number of aryl methyl sites for hydroxylation is 1. The van der Waals surface area contributed by atoms with Gasteiger partial charge in [0.15, 0.2) is 5.16 Å². The van der Waals surface area contributed by atoms with Gasteiger partial charge in [-0.1, -0.05) is 63.7 Å². The molecule has 0 aliphatic heterocycles. The van der Waals surface area contributed by atoms with Crippen LogP contribution in [0.3, 0.4) is 0 Å². The summed E-state index contributed by atoms with van der Waals surface area (Å²) < 4.78 is 1.80. The molecule has 0 saturated heterocycles. The summed E-state index contributed by atoms with van der Waals surface area (Å²) in [6.45, 7) is 8.53. The zero-order valence-electron chi connectivity index (χ0n) is 17.8. The van der Waals surface area contributed by atoms with Gasteiger partial charge in [-0.25, -0.2) is 0 Å². The molecule has 3 N–H and O–H groups in total. The number of carbonyl (C=O) groups excluding carboxylic acids is 2. The van der Waals surface area contributed by atoms with Gasteiger partial charge in [0.05, 0.1) is 11.8 Å². The fourth-order valence-electron chi connectivity index (χ4n) is 2.99. The smallest absolute Gasteiger partial charge is 0.230 e. The standard InChI is InChI=1S/C21H31N5O2S/c1-13(2)15-6-8-16(9-7-15)20(14(3)4)23-19(28)12-29-21-25-24-18(26(21)5)11-10-17(22)27/h6-9,13-14,20H,10-12H2,1-5H3,(H2,22,27)(H,23,28)/t20-/m0/s1. The summed E-state index contributed by atoms with van der Waals surface area (Å²) in [6, 6.07) is 8.41. The van der Waals surface area contributed by atoms with Crippen molar-refractivity contribution < 1.29 is 9.59 Å². The summed E-state index contributed by atoms with van der Waals surface area (Å²) in [5.74, 6) is 1.24. The number of benzene rings is 1. The van der Waals surface area contributed by atoms with Crippen LogP contribution in [0, 0.1) is 5.92 Å². The Kier molecular flexibility index (Phi) is 8.25. The Bertz CT molecular complexity index is 830. The molecule has 2 aromatic rings. The van der Waals surface area contributed by atoms with Crippen molar-refractivity contribution in [3.05, 3.63) is 41.2 Å². The van der Waals surface area contributed by atoms with Crippen molar-refractivity contribution >= 4 is 23.6 Å². The van der Waals surface area contributed by atoms with Crippen LogP contribution in [0.4, 0.5) is 0 Å². The van der Waals surface area contributed by atoms with E-state index in [1.165, 1.54) is 17.3 Å². The number of nitrogens with zero attached hydrogens (tertiary/aromatic N) is 3. The molecule has 0 bridgehead atoms. The maximum absolute atomic E-state index is 12.6. The molecule has 0 saturated carbocycles. The highest BCUT2D eigenvalue weighted by Crippen LogP contribution is 2.25. The minimum atomic E-state index is -0.372. The highest BCUT2D eigenvalue weighted by atomic mass is 32.2. The van der Waals surface area contributed by atoms with Gasteiger partial charge in [-0.2, -0.15) is 0 Å². The molecule has 1 aromatic carbocycles. The number of nitrogens with two attached hydrogens (primary N) is 1. The number of amides is 2. The molecule has 0 spiro atoms. The van der Waals surface area contributed by atoms with E-state index in [4.69, 9.17) is 5.73 Å². The zero-order chi connectivity index (χ0) is 21.6. The summed E-state index contributed by atoms with van der Waals surface area (Å²) in [5, 5.41) is 12.0. The van der Waals surface area contributed by atoms with Crippen molar-refractivity contribution in [2.45, 2.75) is 57.7 Å². The summed E-state index contributed by atoms with van der Waals surface area (Å²) in [6.07, 6.45) is 0.663. The molecule has 7 nitrogen and oxygen atoms in total. The molecule has 0 unspecified atom stereocenters. The van der Waals surface area contributed by atoms with Crippen molar-refractivity contribution in [3.63, 3.8) is 0 Å². The van der Waals surface area contributed by atoms with Gasteiger partial charge < -0.3 is 15.6 Å². The van der Waals surface area contributed by atoms with Crippen molar-refractivity contribution in [2.24, 2.45) is 18.7 Å². The predicted molar refractivity (Wildman–Crippen MR) is 115 cm³/mol. The van der Waals surface area contributed by atoms with Crippen LogP contribution in [0.2, 0.25) is 0 Å². The fraction of sp³-hybridized carbons (Fsp3) is 0.524. The minimum Gasteiger partial charge on any atom is -0.370 e. The first-order valence-corrected chi connectivity index (χ1v) is 10.9. The molecule has 0 radical (unpaired) electrons. The monoisotopic (exact) mass is 417 g/mol. The Balaban J connectivity index is 1.96. The molecule has 29 heavy (non-hydrogen) atoms. The summed E-state index contributed by atoms with van der Waals surface area (Å²) in [7, 11) is 1.82. The Labute approximate surface area is 176 Å². The molecule has 1 aromatic heterocycles. The van der Waals surface area contributed by atoms with E-state index < -0.39 is 0 Å². The predicted octanol–water partition coefficient (Wildman–Crippen LogP) is 2.96. The first-order valence-electron chi connectivity index (χ1n) is 9.87. The molecule has 8 heteroatoms. The lowest BCUT2D eigenvalue weighted by molar-refractivity contribution is -0.120. The summed E-state index contributed by atoms with van der Waals surface area (Å²) >= 11 is 1.33. The van der Waals surface area contributed by atoms with Gasteiger partial charge in [0.25, 0.3) is 0 Å². The van der Waals surface area contributed by atoms with E-state index in [0.29, 0.717) is 23.3 Å². The van der Waals surface area contributed by atoms with Gasteiger partial charge in [0, 0.05) is 19.9 Å². The number of hydrogen-bond acceptors (Lipinski definition) is 5. The van der Waals surface area contributed by atoms with Crippen LogP contribution < -0.4 is 11.1 Å². The molecule has 1 atom stereocenters. The Hall–Kier alpha value is -2.35. The zero-order valence-corrected chi connectivity index (χ0v) is 18.6. The van der Waals surface area contributed by atoms with Crippen molar-refractivity contribution in [3.8, 4) is 0 Å². The van der Waals surface area contributed by atoms with Gasteiger partial charge in [-0.3, -0.25) is 9.59 Å². The number of aromatic nitrogens is 3. The molecule has 2 amide bonds. The van der Waals surface area contributed by atoms with E-state index in [1.54, 1.807) is 4.57 Å². The normalized spacial score (nSPS) is 12.4. The molecule has 1 heterocycles. The van der Waals surface area contributed by atoms with Crippen LogP contribution in [0.15, 0.2) is 29.4 Å². The molecule has 2 rings (SSSR count).